The molecule has 86 valence electrons. The number of aliphatic hydroxyl groups excluding tert-OH is 1. The van der Waals surface area contributed by atoms with Crippen molar-refractivity contribution in [1.82, 2.24) is 10.2 Å². The Kier molecular flexibility index (Phi) is 3.59. The fourth-order valence-corrected chi connectivity index (χ4v) is 2.38. The van der Waals surface area contributed by atoms with Crippen LogP contribution in [0.15, 0.2) is 0 Å². The van der Waals surface area contributed by atoms with E-state index in [4.69, 9.17) is 0 Å². The van der Waals surface area contributed by atoms with Crippen molar-refractivity contribution in [2.75, 3.05) is 26.2 Å². The third-order valence-electron chi connectivity index (χ3n) is 3.44. The van der Waals surface area contributed by atoms with Gasteiger partial charge in [0.15, 0.2) is 0 Å². The highest BCUT2D eigenvalue weighted by molar-refractivity contribution is 5.76. The van der Waals surface area contributed by atoms with Crippen LogP contribution in [0.25, 0.3) is 0 Å². The van der Waals surface area contributed by atoms with Gasteiger partial charge in [0.2, 0.25) is 5.91 Å². The Balaban J connectivity index is 1.75. The molecule has 0 aromatic carbocycles. The molecule has 0 aromatic rings. The van der Waals surface area contributed by atoms with Gasteiger partial charge >= 0.3 is 0 Å². The zero-order chi connectivity index (χ0) is 10.7. The van der Waals surface area contributed by atoms with Gasteiger partial charge < -0.3 is 15.3 Å². The number of carbonyl (C=O) groups excluding carboxylic acids is 1. The average molecular weight is 212 g/mol. The first-order chi connectivity index (χ1) is 7.25. The summed E-state index contributed by atoms with van der Waals surface area (Å²) in [5, 5.41) is 12.6. The Bertz CT molecular complexity index is 219. The third-order valence-corrected chi connectivity index (χ3v) is 3.44. The molecule has 2 fully saturated rings. The molecule has 2 saturated heterocycles. The minimum Gasteiger partial charge on any atom is -0.393 e. The number of rotatable bonds is 2. The molecule has 2 heterocycles. The number of aliphatic hydroxyl groups is 1. The molecule has 2 rings (SSSR count). The van der Waals surface area contributed by atoms with Crippen LogP contribution in [0.3, 0.4) is 0 Å². The minimum atomic E-state index is -0.192. The number of amides is 1. The molecule has 4 nitrogen and oxygen atoms in total. The minimum absolute atomic E-state index is 0.192. The summed E-state index contributed by atoms with van der Waals surface area (Å²) < 4.78 is 0. The van der Waals surface area contributed by atoms with E-state index in [1.54, 1.807) is 0 Å². The van der Waals surface area contributed by atoms with E-state index in [0.29, 0.717) is 12.3 Å². The summed E-state index contributed by atoms with van der Waals surface area (Å²) in [5.74, 6) is 0.806. The maximum absolute atomic E-state index is 11.9. The van der Waals surface area contributed by atoms with Crippen molar-refractivity contribution < 1.29 is 9.90 Å². The molecule has 2 aliphatic heterocycles. The second-order valence-electron chi connectivity index (χ2n) is 4.67. The van der Waals surface area contributed by atoms with Crippen molar-refractivity contribution in [3.05, 3.63) is 0 Å². The van der Waals surface area contributed by atoms with Crippen molar-refractivity contribution in [3.63, 3.8) is 0 Å². The van der Waals surface area contributed by atoms with E-state index in [9.17, 15) is 9.90 Å². The molecular formula is C11H20N2O2. The molecule has 15 heavy (non-hydrogen) atoms. The average Bonchev–Trinajstić information content (AvgIpc) is 2.71. The van der Waals surface area contributed by atoms with E-state index in [1.165, 1.54) is 0 Å². The van der Waals surface area contributed by atoms with Crippen LogP contribution in [0.5, 0.6) is 0 Å². The Hall–Kier alpha value is -0.610. The lowest BCUT2D eigenvalue weighted by Crippen LogP contribution is -2.40. The number of nitrogens with zero attached hydrogens (tertiary/aromatic N) is 1. The lowest BCUT2D eigenvalue weighted by molar-refractivity contribution is -0.134. The number of likely N-dealkylation sites (tertiary alicyclic amines) is 1. The Morgan fingerprint density at radius 1 is 1.33 bits per heavy atom. The second kappa shape index (κ2) is 4.94. The SMILES string of the molecule is O=C(CC1CCNC1)N1CCC(O)CC1. The molecule has 1 atom stereocenters. The van der Waals surface area contributed by atoms with E-state index >= 15 is 0 Å². The molecule has 4 heteroatoms. The fraction of sp³-hybridized carbons (Fsp3) is 0.909. The summed E-state index contributed by atoms with van der Waals surface area (Å²) in [6.07, 6.45) is 3.11. The molecular weight excluding hydrogens is 192 g/mol. The molecule has 0 radical (unpaired) electrons. The number of piperidine rings is 1. The zero-order valence-corrected chi connectivity index (χ0v) is 9.11. The summed E-state index contributed by atoms with van der Waals surface area (Å²) in [7, 11) is 0. The molecule has 2 N–H and O–H groups in total. The quantitative estimate of drug-likeness (QED) is 0.676. The lowest BCUT2D eigenvalue weighted by Gasteiger charge is -2.30. The van der Waals surface area contributed by atoms with Gasteiger partial charge in [-0.2, -0.15) is 0 Å². The van der Waals surface area contributed by atoms with Crippen molar-refractivity contribution in [2.24, 2.45) is 5.92 Å². The second-order valence-corrected chi connectivity index (χ2v) is 4.67. The van der Waals surface area contributed by atoms with Gasteiger partial charge in [-0.05, 0) is 38.3 Å². The third kappa shape index (κ3) is 2.92. The highest BCUT2D eigenvalue weighted by Crippen LogP contribution is 2.16. The topological polar surface area (TPSA) is 52.6 Å². The van der Waals surface area contributed by atoms with Gasteiger partial charge in [0.1, 0.15) is 0 Å². The normalized spacial score (nSPS) is 28.3. The Labute approximate surface area is 90.6 Å². The van der Waals surface area contributed by atoms with Crippen molar-refractivity contribution >= 4 is 5.91 Å². The number of hydrogen-bond acceptors (Lipinski definition) is 3. The summed E-state index contributed by atoms with van der Waals surface area (Å²) in [6, 6.07) is 0. The monoisotopic (exact) mass is 212 g/mol. The number of hydrogen-bond donors (Lipinski definition) is 2. The maximum atomic E-state index is 11.9. The van der Waals surface area contributed by atoms with Gasteiger partial charge in [0.25, 0.3) is 0 Å². The van der Waals surface area contributed by atoms with Crippen molar-refractivity contribution in [3.8, 4) is 0 Å². The maximum Gasteiger partial charge on any atom is 0.222 e. The first kappa shape index (κ1) is 10.9. The Morgan fingerprint density at radius 3 is 2.67 bits per heavy atom. The van der Waals surface area contributed by atoms with Gasteiger partial charge in [-0.25, -0.2) is 0 Å². The molecule has 0 saturated carbocycles. The number of nitrogens with one attached hydrogen (secondary N) is 1. The van der Waals surface area contributed by atoms with E-state index in [-0.39, 0.29) is 12.0 Å². The molecule has 0 aromatic heterocycles. The summed E-state index contributed by atoms with van der Waals surface area (Å²) in [6.45, 7) is 3.51. The fourth-order valence-electron chi connectivity index (χ4n) is 2.38. The van der Waals surface area contributed by atoms with Crippen LogP contribution in [-0.2, 0) is 4.79 Å². The van der Waals surface area contributed by atoms with Crippen molar-refractivity contribution in [2.45, 2.75) is 31.8 Å². The Morgan fingerprint density at radius 2 is 2.07 bits per heavy atom. The zero-order valence-electron chi connectivity index (χ0n) is 9.11. The van der Waals surface area contributed by atoms with E-state index in [0.717, 1.165) is 45.4 Å². The molecule has 1 amide bonds. The van der Waals surface area contributed by atoms with E-state index in [2.05, 4.69) is 5.32 Å². The first-order valence-electron chi connectivity index (χ1n) is 5.92. The van der Waals surface area contributed by atoms with Crippen LogP contribution >= 0.6 is 0 Å². The van der Waals surface area contributed by atoms with E-state index < -0.39 is 0 Å². The van der Waals surface area contributed by atoms with Crippen molar-refractivity contribution in [1.29, 1.82) is 0 Å². The molecule has 0 spiro atoms. The van der Waals surface area contributed by atoms with Crippen LogP contribution in [0, 0.1) is 5.92 Å². The molecule has 1 unspecified atom stereocenters. The molecule has 2 aliphatic rings. The summed E-state index contributed by atoms with van der Waals surface area (Å²) >= 11 is 0. The highest BCUT2D eigenvalue weighted by atomic mass is 16.3. The van der Waals surface area contributed by atoms with Crippen LogP contribution in [0.2, 0.25) is 0 Å². The van der Waals surface area contributed by atoms with Gasteiger partial charge in [0, 0.05) is 19.5 Å². The standard InChI is InChI=1S/C11H20N2O2/c14-10-2-5-13(6-3-10)11(15)7-9-1-4-12-8-9/h9-10,12,14H,1-8H2. The van der Waals surface area contributed by atoms with Crippen LogP contribution in [0.4, 0.5) is 0 Å². The summed E-state index contributed by atoms with van der Waals surface area (Å²) in [5.41, 5.74) is 0. The smallest absolute Gasteiger partial charge is 0.222 e. The van der Waals surface area contributed by atoms with Crippen LogP contribution in [0.1, 0.15) is 25.7 Å². The largest absolute Gasteiger partial charge is 0.393 e. The first-order valence-corrected chi connectivity index (χ1v) is 5.92. The van der Waals surface area contributed by atoms with Crippen LogP contribution in [-0.4, -0.2) is 48.2 Å². The highest BCUT2D eigenvalue weighted by Gasteiger charge is 2.24. The molecule has 0 bridgehead atoms. The number of carbonyl (C=O) groups is 1. The molecule has 0 aliphatic carbocycles. The predicted molar refractivity (Wildman–Crippen MR) is 57.4 cm³/mol. The van der Waals surface area contributed by atoms with Gasteiger partial charge in [-0.3, -0.25) is 4.79 Å². The van der Waals surface area contributed by atoms with Gasteiger partial charge in [0.05, 0.1) is 6.10 Å². The predicted octanol–water partition coefficient (Wildman–Crippen LogP) is -0.0307. The summed E-state index contributed by atoms with van der Waals surface area (Å²) in [4.78, 5) is 13.8. The van der Waals surface area contributed by atoms with Crippen LogP contribution < -0.4 is 5.32 Å². The van der Waals surface area contributed by atoms with Gasteiger partial charge in [-0.1, -0.05) is 0 Å². The lowest BCUT2D eigenvalue weighted by atomic mass is 10.0. The van der Waals surface area contributed by atoms with Gasteiger partial charge in [-0.15, -0.1) is 0 Å². The van der Waals surface area contributed by atoms with E-state index in [1.807, 2.05) is 4.90 Å².